The summed E-state index contributed by atoms with van der Waals surface area (Å²) in [6.07, 6.45) is 8.12. The Labute approximate surface area is 102 Å². The van der Waals surface area contributed by atoms with E-state index < -0.39 is 0 Å². The third-order valence-electron chi connectivity index (χ3n) is 4.38. The van der Waals surface area contributed by atoms with Crippen molar-refractivity contribution in [2.24, 2.45) is 29.4 Å². The van der Waals surface area contributed by atoms with Gasteiger partial charge in [-0.2, -0.15) is 0 Å². The molecule has 2 N–H and O–H groups in total. The van der Waals surface area contributed by atoms with Gasteiger partial charge in [0.25, 0.3) is 0 Å². The summed E-state index contributed by atoms with van der Waals surface area (Å²) in [5.74, 6) is 3.43. The van der Waals surface area contributed by atoms with Gasteiger partial charge in [0.15, 0.2) is 0 Å². The van der Waals surface area contributed by atoms with Crippen molar-refractivity contribution in [2.75, 3.05) is 0 Å². The normalized spacial score (nSPS) is 31.3. The second-order valence-corrected chi connectivity index (χ2v) is 6.57. The molecule has 0 aromatic rings. The molecule has 96 valence electrons. The van der Waals surface area contributed by atoms with Crippen LogP contribution in [-0.2, 0) is 0 Å². The molecule has 0 aromatic heterocycles. The highest BCUT2D eigenvalue weighted by molar-refractivity contribution is 4.83. The van der Waals surface area contributed by atoms with E-state index in [1.807, 2.05) is 0 Å². The zero-order chi connectivity index (χ0) is 12.1. The Bertz CT molecular complexity index is 186. The van der Waals surface area contributed by atoms with Gasteiger partial charge in [-0.15, -0.1) is 0 Å². The van der Waals surface area contributed by atoms with Crippen LogP contribution in [0.15, 0.2) is 0 Å². The Morgan fingerprint density at radius 1 is 1.12 bits per heavy atom. The molecule has 0 heterocycles. The first kappa shape index (κ1) is 14.0. The summed E-state index contributed by atoms with van der Waals surface area (Å²) >= 11 is 0. The lowest BCUT2D eigenvalue weighted by Crippen LogP contribution is -2.37. The predicted octanol–water partition coefficient (Wildman–Crippen LogP) is 4.21. The molecule has 1 nitrogen and oxygen atoms in total. The number of nitrogens with two attached hydrogens (primary N) is 1. The zero-order valence-electron chi connectivity index (χ0n) is 11.7. The molecular formula is C15H31N. The van der Waals surface area contributed by atoms with Crippen LogP contribution in [0.5, 0.6) is 0 Å². The predicted molar refractivity (Wildman–Crippen MR) is 72.3 cm³/mol. The lowest BCUT2D eigenvalue weighted by Gasteiger charge is -2.36. The van der Waals surface area contributed by atoms with Gasteiger partial charge in [-0.05, 0) is 49.4 Å². The molecule has 0 spiro atoms. The van der Waals surface area contributed by atoms with E-state index in [0.717, 1.165) is 23.7 Å². The third kappa shape index (κ3) is 4.45. The summed E-state index contributed by atoms with van der Waals surface area (Å²) in [4.78, 5) is 0. The van der Waals surface area contributed by atoms with Crippen molar-refractivity contribution in [1.29, 1.82) is 0 Å². The van der Waals surface area contributed by atoms with Gasteiger partial charge in [-0.25, -0.2) is 0 Å². The van der Waals surface area contributed by atoms with E-state index in [2.05, 4.69) is 27.7 Å². The Hall–Kier alpha value is -0.0400. The molecule has 1 saturated carbocycles. The smallest absolute Gasteiger partial charge is 0.00673 e. The van der Waals surface area contributed by atoms with Crippen molar-refractivity contribution in [3.8, 4) is 0 Å². The minimum atomic E-state index is 0.488. The monoisotopic (exact) mass is 225 g/mol. The standard InChI is InChI=1S/C15H31N/c1-11(2)6-5-7-14-10-13(12(3)4)8-9-15(14)16/h11-15H,5-10,16H2,1-4H3. The fraction of sp³-hybridized carbons (Fsp3) is 1.00. The van der Waals surface area contributed by atoms with Crippen LogP contribution in [0.25, 0.3) is 0 Å². The third-order valence-corrected chi connectivity index (χ3v) is 4.38. The lowest BCUT2D eigenvalue weighted by molar-refractivity contribution is 0.178. The van der Waals surface area contributed by atoms with Crippen molar-refractivity contribution < 1.29 is 0 Å². The van der Waals surface area contributed by atoms with E-state index in [0.29, 0.717) is 6.04 Å². The Morgan fingerprint density at radius 3 is 2.38 bits per heavy atom. The molecule has 1 rings (SSSR count). The lowest BCUT2D eigenvalue weighted by atomic mass is 9.72. The van der Waals surface area contributed by atoms with Gasteiger partial charge in [-0.1, -0.05) is 40.5 Å². The average molecular weight is 225 g/mol. The van der Waals surface area contributed by atoms with Gasteiger partial charge >= 0.3 is 0 Å². The van der Waals surface area contributed by atoms with Crippen LogP contribution in [0, 0.1) is 23.7 Å². The van der Waals surface area contributed by atoms with Gasteiger partial charge in [0, 0.05) is 6.04 Å². The molecule has 1 fully saturated rings. The second kappa shape index (κ2) is 6.64. The summed E-state index contributed by atoms with van der Waals surface area (Å²) < 4.78 is 0. The maximum absolute atomic E-state index is 6.26. The first-order chi connectivity index (χ1) is 7.50. The molecule has 1 heteroatoms. The minimum Gasteiger partial charge on any atom is -0.327 e. The van der Waals surface area contributed by atoms with E-state index in [9.17, 15) is 0 Å². The summed E-state index contributed by atoms with van der Waals surface area (Å²) in [7, 11) is 0. The Balaban J connectivity index is 2.32. The maximum atomic E-state index is 6.26. The van der Waals surface area contributed by atoms with Crippen molar-refractivity contribution in [1.82, 2.24) is 0 Å². The first-order valence-electron chi connectivity index (χ1n) is 7.26. The topological polar surface area (TPSA) is 26.0 Å². The summed E-state index contributed by atoms with van der Waals surface area (Å²) in [6.45, 7) is 9.37. The second-order valence-electron chi connectivity index (χ2n) is 6.57. The first-order valence-corrected chi connectivity index (χ1v) is 7.26. The maximum Gasteiger partial charge on any atom is 0.00673 e. The average Bonchev–Trinajstić information content (AvgIpc) is 2.20. The van der Waals surface area contributed by atoms with Crippen LogP contribution in [0.3, 0.4) is 0 Å². The van der Waals surface area contributed by atoms with Crippen molar-refractivity contribution in [2.45, 2.75) is 72.3 Å². The van der Waals surface area contributed by atoms with Gasteiger partial charge < -0.3 is 5.73 Å². The molecular weight excluding hydrogens is 194 g/mol. The van der Waals surface area contributed by atoms with Gasteiger partial charge in [0.1, 0.15) is 0 Å². The van der Waals surface area contributed by atoms with E-state index >= 15 is 0 Å². The van der Waals surface area contributed by atoms with Gasteiger partial charge in [0.2, 0.25) is 0 Å². The number of hydrogen-bond acceptors (Lipinski definition) is 1. The molecule has 3 atom stereocenters. The molecule has 0 bridgehead atoms. The van der Waals surface area contributed by atoms with Gasteiger partial charge in [0.05, 0.1) is 0 Å². The highest BCUT2D eigenvalue weighted by atomic mass is 14.7. The van der Waals surface area contributed by atoms with E-state index in [-0.39, 0.29) is 0 Å². The summed E-state index contributed by atoms with van der Waals surface area (Å²) in [5.41, 5.74) is 6.26. The quantitative estimate of drug-likeness (QED) is 0.745. The van der Waals surface area contributed by atoms with E-state index in [1.165, 1.54) is 38.5 Å². The van der Waals surface area contributed by atoms with Crippen LogP contribution >= 0.6 is 0 Å². The molecule has 0 amide bonds. The molecule has 16 heavy (non-hydrogen) atoms. The van der Waals surface area contributed by atoms with Crippen LogP contribution in [0.2, 0.25) is 0 Å². The molecule has 3 unspecified atom stereocenters. The molecule has 0 aliphatic heterocycles. The Morgan fingerprint density at radius 2 is 1.81 bits per heavy atom. The highest BCUT2D eigenvalue weighted by Crippen LogP contribution is 2.35. The van der Waals surface area contributed by atoms with Crippen molar-refractivity contribution >= 4 is 0 Å². The van der Waals surface area contributed by atoms with Crippen LogP contribution in [0.1, 0.15) is 66.2 Å². The molecule has 0 aromatic carbocycles. The zero-order valence-corrected chi connectivity index (χ0v) is 11.7. The minimum absolute atomic E-state index is 0.488. The molecule has 0 radical (unpaired) electrons. The van der Waals surface area contributed by atoms with Gasteiger partial charge in [-0.3, -0.25) is 0 Å². The largest absolute Gasteiger partial charge is 0.327 e. The van der Waals surface area contributed by atoms with Crippen molar-refractivity contribution in [3.63, 3.8) is 0 Å². The van der Waals surface area contributed by atoms with E-state index in [4.69, 9.17) is 5.73 Å². The Kier molecular flexibility index (Phi) is 5.82. The van der Waals surface area contributed by atoms with Crippen LogP contribution in [0.4, 0.5) is 0 Å². The number of hydrogen-bond donors (Lipinski definition) is 1. The molecule has 1 aliphatic rings. The number of rotatable bonds is 5. The highest BCUT2D eigenvalue weighted by Gasteiger charge is 2.29. The fourth-order valence-electron chi connectivity index (χ4n) is 3.05. The fourth-order valence-corrected chi connectivity index (χ4v) is 3.05. The van der Waals surface area contributed by atoms with Crippen LogP contribution in [-0.4, -0.2) is 6.04 Å². The van der Waals surface area contributed by atoms with Crippen molar-refractivity contribution in [3.05, 3.63) is 0 Å². The van der Waals surface area contributed by atoms with E-state index in [1.54, 1.807) is 0 Å². The molecule has 0 saturated heterocycles. The molecule has 1 aliphatic carbocycles. The SMILES string of the molecule is CC(C)CCCC1CC(C(C)C)CCC1N. The summed E-state index contributed by atoms with van der Waals surface area (Å²) in [6, 6.07) is 0.488. The summed E-state index contributed by atoms with van der Waals surface area (Å²) in [5, 5.41) is 0. The van der Waals surface area contributed by atoms with Crippen LogP contribution < -0.4 is 5.73 Å².